The fourth-order valence-electron chi connectivity index (χ4n) is 1.89. The molecule has 1 aromatic carbocycles. The molecule has 0 unspecified atom stereocenters. The fraction of sp³-hybridized carbons (Fsp3) is 0.333. The van der Waals surface area contributed by atoms with Crippen LogP contribution in [0, 0.1) is 0 Å². The molecule has 1 atom stereocenters. The van der Waals surface area contributed by atoms with Crippen molar-refractivity contribution in [1.29, 1.82) is 0 Å². The fourth-order valence-corrected chi connectivity index (χ4v) is 2.44. The van der Waals surface area contributed by atoms with Gasteiger partial charge >= 0.3 is 0 Å². The lowest BCUT2D eigenvalue weighted by atomic mass is 10.2. The molecule has 0 aliphatic rings. The highest BCUT2D eigenvalue weighted by Gasteiger charge is 2.19. The first kappa shape index (κ1) is 15.5. The number of carbonyl (C=O) groups excluding carboxylic acids is 1. The third kappa shape index (κ3) is 4.03. The van der Waals surface area contributed by atoms with E-state index >= 15 is 0 Å². The van der Waals surface area contributed by atoms with Crippen LogP contribution in [0.25, 0.3) is 0 Å². The summed E-state index contributed by atoms with van der Waals surface area (Å²) >= 11 is 1.55. The number of amides is 1. The van der Waals surface area contributed by atoms with E-state index in [1.54, 1.807) is 24.0 Å². The van der Waals surface area contributed by atoms with Gasteiger partial charge in [-0.3, -0.25) is 9.69 Å². The molecule has 1 heterocycles. The maximum atomic E-state index is 12.3. The van der Waals surface area contributed by atoms with Crippen LogP contribution >= 0.6 is 11.3 Å². The standard InChI is InChI=1S/C15H19N3O2S/c1-11(18(2)8-12-9-21-10-16-12)15(19)17-13-6-4-5-7-14(13)20-3/h4-7,9-11H,8H2,1-3H3,(H,17,19)/t11-/m0/s1. The van der Waals surface area contributed by atoms with Crippen LogP contribution in [0.4, 0.5) is 5.69 Å². The minimum Gasteiger partial charge on any atom is -0.495 e. The van der Waals surface area contributed by atoms with Gasteiger partial charge in [0.2, 0.25) is 5.91 Å². The number of nitrogens with zero attached hydrogens (tertiary/aromatic N) is 2. The average molecular weight is 305 g/mol. The predicted molar refractivity (Wildman–Crippen MR) is 84.7 cm³/mol. The Hall–Kier alpha value is -1.92. The van der Waals surface area contributed by atoms with Crippen molar-refractivity contribution in [2.24, 2.45) is 0 Å². The zero-order chi connectivity index (χ0) is 15.2. The maximum Gasteiger partial charge on any atom is 0.241 e. The number of methoxy groups -OCH3 is 1. The number of nitrogens with one attached hydrogen (secondary N) is 1. The van der Waals surface area contributed by atoms with E-state index < -0.39 is 0 Å². The van der Waals surface area contributed by atoms with Crippen LogP contribution in [0.15, 0.2) is 35.2 Å². The monoisotopic (exact) mass is 305 g/mol. The van der Waals surface area contributed by atoms with E-state index in [4.69, 9.17) is 4.74 Å². The van der Waals surface area contributed by atoms with Crippen LogP contribution in [0.5, 0.6) is 5.75 Å². The molecule has 112 valence electrons. The van der Waals surface area contributed by atoms with Crippen molar-refractivity contribution < 1.29 is 9.53 Å². The lowest BCUT2D eigenvalue weighted by Crippen LogP contribution is -2.39. The molecular formula is C15H19N3O2S. The minimum atomic E-state index is -0.267. The third-order valence-electron chi connectivity index (χ3n) is 3.30. The molecule has 0 bridgehead atoms. The van der Waals surface area contributed by atoms with E-state index in [0.717, 1.165) is 5.69 Å². The molecule has 21 heavy (non-hydrogen) atoms. The number of hydrogen-bond donors (Lipinski definition) is 1. The van der Waals surface area contributed by atoms with Crippen molar-refractivity contribution in [2.45, 2.75) is 19.5 Å². The summed E-state index contributed by atoms with van der Waals surface area (Å²) in [5, 5.41) is 4.89. The maximum absolute atomic E-state index is 12.3. The van der Waals surface area contributed by atoms with Crippen molar-refractivity contribution in [3.63, 3.8) is 0 Å². The van der Waals surface area contributed by atoms with Crippen molar-refractivity contribution in [3.8, 4) is 5.75 Å². The highest BCUT2D eigenvalue weighted by Crippen LogP contribution is 2.23. The Morgan fingerprint density at radius 3 is 2.90 bits per heavy atom. The van der Waals surface area contributed by atoms with Gasteiger partial charge in [-0.05, 0) is 26.1 Å². The molecule has 0 radical (unpaired) electrons. The molecule has 1 aromatic heterocycles. The SMILES string of the molecule is COc1ccccc1NC(=O)[C@H](C)N(C)Cc1cscn1. The van der Waals surface area contributed by atoms with Gasteiger partial charge in [0, 0.05) is 11.9 Å². The molecule has 0 spiro atoms. The number of hydrogen-bond acceptors (Lipinski definition) is 5. The Kier molecular flexibility index (Phi) is 5.30. The molecular weight excluding hydrogens is 286 g/mol. The van der Waals surface area contributed by atoms with Crippen LogP contribution < -0.4 is 10.1 Å². The minimum absolute atomic E-state index is 0.0720. The van der Waals surface area contributed by atoms with Crippen molar-refractivity contribution in [3.05, 3.63) is 40.8 Å². The summed E-state index contributed by atoms with van der Waals surface area (Å²) in [6.07, 6.45) is 0. The number of aromatic nitrogens is 1. The second-order valence-electron chi connectivity index (χ2n) is 4.76. The Morgan fingerprint density at radius 2 is 2.24 bits per heavy atom. The summed E-state index contributed by atoms with van der Waals surface area (Å²) in [4.78, 5) is 18.5. The highest BCUT2D eigenvalue weighted by molar-refractivity contribution is 7.07. The smallest absolute Gasteiger partial charge is 0.241 e. The van der Waals surface area contributed by atoms with Crippen LogP contribution in [-0.2, 0) is 11.3 Å². The zero-order valence-corrected chi connectivity index (χ0v) is 13.2. The van der Waals surface area contributed by atoms with Gasteiger partial charge in [0.1, 0.15) is 5.75 Å². The molecule has 2 aromatic rings. The van der Waals surface area contributed by atoms with Gasteiger partial charge in [-0.1, -0.05) is 12.1 Å². The number of benzene rings is 1. The molecule has 0 fully saturated rings. The normalized spacial score (nSPS) is 12.2. The predicted octanol–water partition coefficient (Wildman–Crippen LogP) is 2.61. The van der Waals surface area contributed by atoms with E-state index in [1.165, 1.54) is 0 Å². The van der Waals surface area contributed by atoms with Gasteiger partial charge < -0.3 is 10.1 Å². The van der Waals surface area contributed by atoms with Crippen LogP contribution in [0.2, 0.25) is 0 Å². The summed E-state index contributed by atoms with van der Waals surface area (Å²) in [5.74, 6) is 0.581. The first-order valence-electron chi connectivity index (χ1n) is 6.63. The number of ether oxygens (including phenoxy) is 1. The lowest BCUT2D eigenvalue weighted by molar-refractivity contribution is -0.120. The van der Waals surface area contributed by atoms with Crippen LogP contribution in [-0.4, -0.2) is 36.0 Å². The Bertz CT molecular complexity index is 586. The molecule has 0 saturated heterocycles. The molecule has 0 saturated carbocycles. The first-order valence-corrected chi connectivity index (χ1v) is 7.57. The quantitative estimate of drug-likeness (QED) is 0.891. The van der Waals surface area contributed by atoms with Gasteiger partial charge in [-0.2, -0.15) is 0 Å². The number of para-hydroxylation sites is 2. The van der Waals surface area contributed by atoms with Crippen molar-refractivity contribution >= 4 is 22.9 Å². The Morgan fingerprint density at radius 1 is 1.48 bits per heavy atom. The summed E-state index contributed by atoms with van der Waals surface area (Å²) in [6, 6.07) is 7.11. The summed E-state index contributed by atoms with van der Waals surface area (Å²) in [6.45, 7) is 2.52. The van der Waals surface area contributed by atoms with E-state index in [2.05, 4.69) is 10.3 Å². The van der Waals surface area contributed by atoms with E-state index in [-0.39, 0.29) is 11.9 Å². The Balaban J connectivity index is 1.98. The van der Waals surface area contributed by atoms with Gasteiger partial charge in [-0.15, -0.1) is 11.3 Å². The first-order chi connectivity index (χ1) is 10.1. The number of likely N-dealkylation sites (N-methyl/N-ethyl adjacent to an activating group) is 1. The second-order valence-corrected chi connectivity index (χ2v) is 5.48. The number of thiazole rings is 1. The van der Waals surface area contributed by atoms with Crippen LogP contribution in [0.3, 0.4) is 0 Å². The molecule has 5 nitrogen and oxygen atoms in total. The molecule has 2 rings (SSSR count). The number of rotatable bonds is 6. The zero-order valence-electron chi connectivity index (χ0n) is 12.4. The van der Waals surface area contributed by atoms with E-state index in [1.807, 2.05) is 48.5 Å². The molecule has 6 heteroatoms. The van der Waals surface area contributed by atoms with Gasteiger partial charge in [0.15, 0.2) is 0 Å². The average Bonchev–Trinajstić information content (AvgIpc) is 2.99. The largest absolute Gasteiger partial charge is 0.495 e. The van der Waals surface area contributed by atoms with Gasteiger partial charge in [0.05, 0.1) is 30.0 Å². The summed E-state index contributed by atoms with van der Waals surface area (Å²) in [5.41, 5.74) is 3.45. The van der Waals surface area contributed by atoms with Gasteiger partial charge in [-0.25, -0.2) is 4.98 Å². The molecule has 0 aliphatic carbocycles. The third-order valence-corrected chi connectivity index (χ3v) is 3.94. The summed E-state index contributed by atoms with van der Waals surface area (Å²) < 4.78 is 5.23. The van der Waals surface area contributed by atoms with Crippen molar-refractivity contribution in [2.75, 3.05) is 19.5 Å². The van der Waals surface area contributed by atoms with Gasteiger partial charge in [0.25, 0.3) is 0 Å². The van der Waals surface area contributed by atoms with Crippen LogP contribution in [0.1, 0.15) is 12.6 Å². The van der Waals surface area contributed by atoms with E-state index in [9.17, 15) is 4.79 Å². The van der Waals surface area contributed by atoms with Crippen molar-refractivity contribution in [1.82, 2.24) is 9.88 Å². The van der Waals surface area contributed by atoms with E-state index in [0.29, 0.717) is 18.0 Å². The Labute approximate surface area is 128 Å². The number of anilines is 1. The topological polar surface area (TPSA) is 54.5 Å². The highest BCUT2D eigenvalue weighted by atomic mass is 32.1. The summed E-state index contributed by atoms with van der Waals surface area (Å²) in [7, 11) is 3.49. The molecule has 1 N–H and O–H groups in total. The number of carbonyl (C=O) groups is 1. The molecule has 0 aliphatic heterocycles. The lowest BCUT2D eigenvalue weighted by Gasteiger charge is -2.23. The molecule has 1 amide bonds. The second kappa shape index (κ2) is 7.19.